The van der Waals surface area contributed by atoms with Crippen molar-refractivity contribution in [2.24, 2.45) is 5.73 Å². The van der Waals surface area contributed by atoms with E-state index in [1.54, 1.807) is 18.2 Å². The van der Waals surface area contributed by atoms with Gasteiger partial charge < -0.3 is 20.1 Å². The van der Waals surface area contributed by atoms with Crippen LogP contribution >= 0.6 is 0 Å². The first-order valence-electron chi connectivity index (χ1n) is 11.4. The molecule has 0 bridgehead atoms. The number of hydrogen-bond acceptors (Lipinski definition) is 5. The molecule has 7 heteroatoms. The fourth-order valence-corrected chi connectivity index (χ4v) is 4.42. The van der Waals surface area contributed by atoms with E-state index in [0.717, 1.165) is 22.3 Å². The van der Waals surface area contributed by atoms with Gasteiger partial charge in [-0.05, 0) is 29.7 Å². The van der Waals surface area contributed by atoms with Gasteiger partial charge in [0.25, 0.3) is 0 Å². The van der Waals surface area contributed by atoms with Gasteiger partial charge in [-0.15, -0.1) is 0 Å². The summed E-state index contributed by atoms with van der Waals surface area (Å²) in [6.07, 6.45) is 2.48. The number of methoxy groups -OCH3 is 1. The second kappa shape index (κ2) is 9.95. The standard InChI is InChI=1S/C27H29N3O4/c1-19(20-8-10-21(11-9-20)22-12-13-25(33-2)29-18-22)30-17-16-27(34-26(30)32,15-14-24(28)31)23-6-4-3-5-7-23/h3-13,18-19H,14-17H2,1-2H3,(H2,28,31)/t19-,27?/m0/s1. The van der Waals surface area contributed by atoms with Crippen molar-refractivity contribution in [3.05, 3.63) is 84.1 Å². The maximum atomic E-state index is 13.2. The van der Waals surface area contributed by atoms with E-state index >= 15 is 0 Å². The highest BCUT2D eigenvalue weighted by Crippen LogP contribution is 2.40. The third-order valence-corrected chi connectivity index (χ3v) is 6.49. The Morgan fingerprint density at radius 1 is 1.12 bits per heavy atom. The van der Waals surface area contributed by atoms with Gasteiger partial charge in [-0.25, -0.2) is 9.78 Å². The Morgan fingerprint density at radius 2 is 1.82 bits per heavy atom. The van der Waals surface area contributed by atoms with Gasteiger partial charge in [0.15, 0.2) is 0 Å². The van der Waals surface area contributed by atoms with E-state index in [-0.39, 0.29) is 12.5 Å². The summed E-state index contributed by atoms with van der Waals surface area (Å²) in [6.45, 7) is 2.50. The number of hydrogen-bond donors (Lipinski definition) is 1. The fraction of sp³-hybridized carbons (Fsp3) is 0.296. The fourth-order valence-electron chi connectivity index (χ4n) is 4.42. The molecule has 4 rings (SSSR count). The molecule has 3 aromatic rings. The lowest BCUT2D eigenvalue weighted by Gasteiger charge is -2.43. The van der Waals surface area contributed by atoms with Gasteiger partial charge in [0.2, 0.25) is 11.8 Å². The summed E-state index contributed by atoms with van der Waals surface area (Å²) >= 11 is 0. The number of pyridine rings is 1. The van der Waals surface area contributed by atoms with Crippen molar-refractivity contribution in [2.75, 3.05) is 13.7 Å². The number of nitrogens with zero attached hydrogens (tertiary/aromatic N) is 2. The number of amides is 2. The van der Waals surface area contributed by atoms with Crippen LogP contribution in [0.1, 0.15) is 43.4 Å². The normalized spacial score (nSPS) is 18.8. The highest BCUT2D eigenvalue weighted by atomic mass is 16.6. The number of benzene rings is 2. The zero-order chi connectivity index (χ0) is 24.1. The van der Waals surface area contributed by atoms with Crippen molar-refractivity contribution in [1.29, 1.82) is 0 Å². The molecular formula is C27H29N3O4. The summed E-state index contributed by atoms with van der Waals surface area (Å²) in [5.74, 6) is 0.161. The summed E-state index contributed by atoms with van der Waals surface area (Å²) in [5.41, 5.74) is 8.45. The first-order valence-corrected chi connectivity index (χ1v) is 11.4. The Kier molecular flexibility index (Phi) is 6.82. The van der Waals surface area contributed by atoms with E-state index in [1.807, 2.05) is 73.7 Å². The second-order valence-corrected chi connectivity index (χ2v) is 8.53. The van der Waals surface area contributed by atoms with Crippen LogP contribution in [0.15, 0.2) is 72.9 Å². The van der Waals surface area contributed by atoms with Crippen LogP contribution in [0, 0.1) is 0 Å². The van der Waals surface area contributed by atoms with E-state index in [4.69, 9.17) is 15.2 Å². The number of carbonyl (C=O) groups is 2. The minimum absolute atomic E-state index is 0.152. The summed E-state index contributed by atoms with van der Waals surface area (Å²) < 4.78 is 11.2. The van der Waals surface area contributed by atoms with E-state index in [0.29, 0.717) is 25.3 Å². The number of carbonyl (C=O) groups excluding carboxylic acids is 2. The van der Waals surface area contributed by atoms with E-state index in [1.165, 1.54) is 0 Å². The molecule has 2 heterocycles. The average Bonchev–Trinajstić information content (AvgIpc) is 2.88. The van der Waals surface area contributed by atoms with Crippen LogP contribution in [0.3, 0.4) is 0 Å². The monoisotopic (exact) mass is 459 g/mol. The first-order chi connectivity index (χ1) is 16.4. The minimum atomic E-state index is -0.852. The lowest BCUT2D eigenvalue weighted by atomic mass is 9.84. The molecule has 1 unspecified atom stereocenters. The van der Waals surface area contributed by atoms with Crippen LogP contribution in [0.5, 0.6) is 5.88 Å². The van der Waals surface area contributed by atoms with E-state index in [9.17, 15) is 9.59 Å². The summed E-state index contributed by atoms with van der Waals surface area (Å²) in [6, 6.07) is 21.3. The topological polar surface area (TPSA) is 94.8 Å². The molecule has 1 aliphatic heterocycles. The first kappa shape index (κ1) is 23.3. The Hall–Kier alpha value is -3.87. The molecule has 2 atom stereocenters. The zero-order valence-corrected chi connectivity index (χ0v) is 19.4. The lowest BCUT2D eigenvalue weighted by molar-refractivity contribution is -0.121. The molecular weight excluding hydrogens is 430 g/mol. The number of aromatic nitrogens is 1. The maximum absolute atomic E-state index is 13.2. The van der Waals surface area contributed by atoms with Crippen molar-refractivity contribution in [1.82, 2.24) is 9.88 Å². The van der Waals surface area contributed by atoms with E-state index < -0.39 is 17.6 Å². The lowest BCUT2D eigenvalue weighted by Crippen LogP contribution is -2.49. The smallest absolute Gasteiger partial charge is 0.411 e. The Bertz CT molecular complexity index is 1130. The summed E-state index contributed by atoms with van der Waals surface area (Å²) in [4.78, 5) is 30.6. The second-order valence-electron chi connectivity index (χ2n) is 8.53. The Balaban J connectivity index is 1.49. The van der Waals surface area contributed by atoms with Crippen LogP contribution in [0.4, 0.5) is 4.79 Å². The van der Waals surface area contributed by atoms with Gasteiger partial charge in [0.05, 0.1) is 13.2 Å². The highest BCUT2D eigenvalue weighted by molar-refractivity contribution is 5.74. The molecule has 1 aliphatic rings. The number of primary amides is 1. The van der Waals surface area contributed by atoms with Crippen LogP contribution < -0.4 is 10.5 Å². The van der Waals surface area contributed by atoms with Crippen LogP contribution in [0.25, 0.3) is 11.1 Å². The molecule has 1 saturated heterocycles. The summed E-state index contributed by atoms with van der Waals surface area (Å²) in [7, 11) is 1.59. The molecule has 7 nitrogen and oxygen atoms in total. The number of nitrogens with two attached hydrogens (primary N) is 1. The average molecular weight is 460 g/mol. The molecule has 2 aromatic carbocycles. The van der Waals surface area contributed by atoms with Crippen molar-refractivity contribution < 1.29 is 19.1 Å². The van der Waals surface area contributed by atoms with Gasteiger partial charge >= 0.3 is 6.09 Å². The number of rotatable bonds is 8. The largest absolute Gasteiger partial charge is 0.481 e. The molecule has 0 spiro atoms. The van der Waals surface area contributed by atoms with Gasteiger partial charge in [-0.1, -0.05) is 54.6 Å². The number of cyclic esters (lactones) is 1. The quantitative estimate of drug-likeness (QED) is 0.521. The van der Waals surface area contributed by atoms with Gasteiger partial charge in [0.1, 0.15) is 5.60 Å². The minimum Gasteiger partial charge on any atom is -0.481 e. The van der Waals surface area contributed by atoms with Crippen molar-refractivity contribution in [2.45, 2.75) is 37.8 Å². The molecule has 34 heavy (non-hydrogen) atoms. The molecule has 0 radical (unpaired) electrons. The van der Waals surface area contributed by atoms with Crippen molar-refractivity contribution in [3.8, 4) is 17.0 Å². The summed E-state index contributed by atoms with van der Waals surface area (Å²) in [5, 5.41) is 0. The Labute approximate surface area is 199 Å². The third kappa shape index (κ3) is 4.88. The SMILES string of the molecule is COc1ccc(-c2ccc([C@H](C)N3CCC(CCC(N)=O)(c4ccccc4)OC3=O)cc2)cn1. The van der Waals surface area contributed by atoms with E-state index in [2.05, 4.69) is 4.98 Å². The van der Waals surface area contributed by atoms with Crippen LogP contribution in [-0.4, -0.2) is 35.5 Å². The van der Waals surface area contributed by atoms with Crippen LogP contribution in [0.2, 0.25) is 0 Å². The molecule has 0 saturated carbocycles. The van der Waals surface area contributed by atoms with Crippen molar-refractivity contribution >= 4 is 12.0 Å². The van der Waals surface area contributed by atoms with Crippen LogP contribution in [-0.2, 0) is 15.1 Å². The predicted octanol–water partition coefficient (Wildman–Crippen LogP) is 4.82. The molecule has 2 N–H and O–H groups in total. The maximum Gasteiger partial charge on any atom is 0.411 e. The van der Waals surface area contributed by atoms with Crippen molar-refractivity contribution in [3.63, 3.8) is 0 Å². The van der Waals surface area contributed by atoms with Gasteiger partial charge in [-0.3, -0.25) is 4.79 Å². The molecule has 176 valence electrons. The zero-order valence-electron chi connectivity index (χ0n) is 19.4. The highest BCUT2D eigenvalue weighted by Gasteiger charge is 2.43. The number of ether oxygens (including phenoxy) is 2. The predicted molar refractivity (Wildman–Crippen MR) is 129 cm³/mol. The molecule has 1 aromatic heterocycles. The Morgan fingerprint density at radius 3 is 2.41 bits per heavy atom. The van der Waals surface area contributed by atoms with Gasteiger partial charge in [-0.2, -0.15) is 0 Å². The molecule has 0 aliphatic carbocycles. The molecule has 1 fully saturated rings. The third-order valence-electron chi connectivity index (χ3n) is 6.49. The molecule has 2 amide bonds. The van der Waals surface area contributed by atoms with Gasteiger partial charge in [0, 0.05) is 43.6 Å².